The van der Waals surface area contributed by atoms with Crippen LogP contribution < -0.4 is 0 Å². The van der Waals surface area contributed by atoms with Gasteiger partial charge >= 0.3 is 11.9 Å². The van der Waals surface area contributed by atoms with E-state index in [9.17, 15) is 9.59 Å². The monoisotopic (exact) mass is 274 g/mol. The Balaban J connectivity index is 2.68. The highest BCUT2D eigenvalue weighted by atomic mass is 16.8. The molecule has 19 heavy (non-hydrogen) atoms. The van der Waals surface area contributed by atoms with Gasteiger partial charge in [0.1, 0.15) is 6.10 Å². The highest BCUT2D eigenvalue weighted by Crippen LogP contribution is 2.26. The molecule has 0 saturated carbocycles. The van der Waals surface area contributed by atoms with Gasteiger partial charge in [-0.25, -0.2) is 4.79 Å². The molecule has 1 rings (SSSR count). The van der Waals surface area contributed by atoms with Crippen molar-refractivity contribution in [3.05, 3.63) is 0 Å². The molecular formula is C13H22O6. The molecule has 0 radical (unpaired) electrons. The van der Waals surface area contributed by atoms with Crippen LogP contribution in [-0.4, -0.2) is 43.7 Å². The maximum Gasteiger partial charge on any atom is 0.350 e. The Hall–Kier alpha value is -1.14. The zero-order valence-corrected chi connectivity index (χ0v) is 12.1. The van der Waals surface area contributed by atoms with Crippen LogP contribution in [0.25, 0.3) is 0 Å². The summed E-state index contributed by atoms with van der Waals surface area (Å²) in [6.45, 7) is 7.44. The molecule has 0 N–H and O–H groups in total. The van der Waals surface area contributed by atoms with Gasteiger partial charge in [0.2, 0.25) is 6.10 Å². The van der Waals surface area contributed by atoms with Crippen molar-refractivity contribution in [2.45, 2.75) is 52.1 Å². The molecule has 1 aliphatic heterocycles. The van der Waals surface area contributed by atoms with Gasteiger partial charge in [0.05, 0.1) is 13.7 Å². The Labute approximate surface area is 113 Å². The van der Waals surface area contributed by atoms with Crippen molar-refractivity contribution in [1.29, 1.82) is 0 Å². The predicted octanol–water partition coefficient (Wildman–Crippen LogP) is 1.27. The molecule has 0 amide bonds. The van der Waals surface area contributed by atoms with Crippen LogP contribution in [0.3, 0.4) is 0 Å². The van der Waals surface area contributed by atoms with Crippen LogP contribution in [0.2, 0.25) is 0 Å². The van der Waals surface area contributed by atoms with Crippen LogP contribution in [0.1, 0.15) is 34.1 Å². The van der Waals surface area contributed by atoms with Crippen molar-refractivity contribution >= 4 is 11.9 Å². The zero-order valence-electron chi connectivity index (χ0n) is 12.1. The van der Waals surface area contributed by atoms with E-state index in [4.69, 9.17) is 14.2 Å². The molecule has 1 fully saturated rings. The second kappa shape index (κ2) is 6.34. The van der Waals surface area contributed by atoms with Crippen molar-refractivity contribution in [2.24, 2.45) is 5.92 Å². The summed E-state index contributed by atoms with van der Waals surface area (Å²) in [7, 11) is 1.24. The third kappa shape index (κ3) is 4.80. The van der Waals surface area contributed by atoms with Crippen LogP contribution in [0, 0.1) is 5.92 Å². The number of esters is 2. The standard InChI is InChI=1S/C13H22O6/c1-8(2)6-10(14)18-11(12(15)16-5)9-7-17-13(3,4)19-9/h8-9,11H,6-7H2,1-5H3. The molecule has 2 unspecified atom stereocenters. The molecular weight excluding hydrogens is 252 g/mol. The molecule has 1 aliphatic rings. The van der Waals surface area contributed by atoms with Crippen LogP contribution in [0.5, 0.6) is 0 Å². The van der Waals surface area contributed by atoms with E-state index in [0.717, 1.165) is 0 Å². The SMILES string of the molecule is COC(=O)C(OC(=O)CC(C)C)C1COC(C)(C)O1. The van der Waals surface area contributed by atoms with Gasteiger partial charge < -0.3 is 18.9 Å². The fourth-order valence-electron chi connectivity index (χ4n) is 1.78. The molecule has 0 aromatic rings. The lowest BCUT2D eigenvalue weighted by Crippen LogP contribution is -2.41. The molecule has 0 aliphatic carbocycles. The molecule has 1 saturated heterocycles. The summed E-state index contributed by atoms with van der Waals surface area (Å²) in [6.07, 6.45) is -1.48. The van der Waals surface area contributed by atoms with Crippen LogP contribution >= 0.6 is 0 Å². The number of ether oxygens (including phenoxy) is 4. The molecule has 0 bridgehead atoms. The minimum Gasteiger partial charge on any atom is -0.466 e. The third-order valence-electron chi connectivity index (χ3n) is 2.63. The lowest BCUT2D eigenvalue weighted by atomic mass is 10.1. The van der Waals surface area contributed by atoms with E-state index in [2.05, 4.69) is 4.74 Å². The van der Waals surface area contributed by atoms with Gasteiger partial charge in [0.25, 0.3) is 0 Å². The van der Waals surface area contributed by atoms with Crippen molar-refractivity contribution in [3.8, 4) is 0 Å². The number of carbonyl (C=O) groups excluding carboxylic acids is 2. The van der Waals surface area contributed by atoms with E-state index < -0.39 is 29.9 Å². The Morgan fingerprint density at radius 3 is 2.42 bits per heavy atom. The maximum atomic E-state index is 11.7. The fraction of sp³-hybridized carbons (Fsp3) is 0.846. The highest BCUT2D eigenvalue weighted by Gasteiger charge is 2.43. The summed E-state index contributed by atoms with van der Waals surface area (Å²) in [5.41, 5.74) is 0. The van der Waals surface area contributed by atoms with Gasteiger partial charge in [-0.1, -0.05) is 13.8 Å². The topological polar surface area (TPSA) is 71.1 Å². The van der Waals surface area contributed by atoms with Gasteiger partial charge in [-0.3, -0.25) is 4.79 Å². The van der Waals surface area contributed by atoms with E-state index in [1.165, 1.54) is 7.11 Å². The van der Waals surface area contributed by atoms with Gasteiger partial charge in [-0.05, 0) is 19.8 Å². The molecule has 0 spiro atoms. The fourth-order valence-corrected chi connectivity index (χ4v) is 1.78. The van der Waals surface area contributed by atoms with Crippen molar-refractivity contribution in [3.63, 3.8) is 0 Å². The summed E-state index contributed by atoms with van der Waals surface area (Å²) < 4.78 is 20.7. The zero-order chi connectivity index (χ0) is 14.6. The van der Waals surface area contributed by atoms with Gasteiger partial charge in [-0.2, -0.15) is 0 Å². The average Bonchev–Trinajstić information content (AvgIpc) is 2.64. The Kier molecular flexibility index (Phi) is 5.31. The first kappa shape index (κ1) is 15.9. The van der Waals surface area contributed by atoms with Gasteiger partial charge in [0, 0.05) is 6.42 Å². The second-order valence-electron chi connectivity index (χ2n) is 5.40. The van der Waals surface area contributed by atoms with Crippen LogP contribution in [-0.2, 0) is 28.5 Å². The van der Waals surface area contributed by atoms with Gasteiger partial charge in [0.15, 0.2) is 5.79 Å². The molecule has 0 aromatic carbocycles. The molecule has 1 heterocycles. The minimum atomic E-state index is -1.09. The molecule has 6 heteroatoms. The number of hydrogen-bond acceptors (Lipinski definition) is 6. The first-order chi connectivity index (χ1) is 8.75. The predicted molar refractivity (Wildman–Crippen MR) is 66.3 cm³/mol. The maximum absolute atomic E-state index is 11.7. The number of rotatable bonds is 5. The summed E-state index contributed by atoms with van der Waals surface area (Å²) >= 11 is 0. The smallest absolute Gasteiger partial charge is 0.350 e. The summed E-state index contributed by atoms with van der Waals surface area (Å²) in [5, 5.41) is 0. The van der Waals surface area contributed by atoms with Crippen LogP contribution in [0.4, 0.5) is 0 Å². The van der Waals surface area contributed by atoms with E-state index >= 15 is 0 Å². The summed E-state index contributed by atoms with van der Waals surface area (Å²) in [5.74, 6) is -1.72. The van der Waals surface area contributed by atoms with E-state index in [1.54, 1.807) is 13.8 Å². The first-order valence-corrected chi connectivity index (χ1v) is 6.34. The van der Waals surface area contributed by atoms with Crippen molar-refractivity contribution in [2.75, 3.05) is 13.7 Å². The molecule has 110 valence electrons. The van der Waals surface area contributed by atoms with Crippen molar-refractivity contribution in [1.82, 2.24) is 0 Å². The number of hydrogen-bond donors (Lipinski definition) is 0. The van der Waals surface area contributed by atoms with E-state index in [1.807, 2.05) is 13.8 Å². The Morgan fingerprint density at radius 2 is 2.00 bits per heavy atom. The molecule has 6 nitrogen and oxygen atoms in total. The Bertz CT molecular complexity index is 336. The number of methoxy groups -OCH3 is 1. The van der Waals surface area contributed by atoms with E-state index in [0.29, 0.717) is 0 Å². The Morgan fingerprint density at radius 1 is 1.37 bits per heavy atom. The number of carbonyl (C=O) groups is 2. The quantitative estimate of drug-likeness (QED) is 0.703. The van der Waals surface area contributed by atoms with Crippen LogP contribution in [0.15, 0.2) is 0 Å². The molecule has 0 aromatic heterocycles. The first-order valence-electron chi connectivity index (χ1n) is 6.34. The second-order valence-corrected chi connectivity index (χ2v) is 5.40. The third-order valence-corrected chi connectivity index (χ3v) is 2.63. The lowest BCUT2D eigenvalue weighted by Gasteiger charge is -2.22. The molecule has 2 atom stereocenters. The minimum absolute atomic E-state index is 0.156. The largest absolute Gasteiger partial charge is 0.466 e. The lowest BCUT2D eigenvalue weighted by molar-refractivity contribution is -0.185. The summed E-state index contributed by atoms with van der Waals surface area (Å²) in [6, 6.07) is 0. The highest BCUT2D eigenvalue weighted by molar-refractivity contribution is 5.80. The van der Waals surface area contributed by atoms with E-state index in [-0.39, 0.29) is 18.9 Å². The summed E-state index contributed by atoms with van der Waals surface area (Å²) in [4.78, 5) is 23.4. The normalized spacial score (nSPS) is 23.2. The average molecular weight is 274 g/mol. The van der Waals surface area contributed by atoms with Gasteiger partial charge in [-0.15, -0.1) is 0 Å². The van der Waals surface area contributed by atoms with Crippen molar-refractivity contribution < 1.29 is 28.5 Å².